The Hall–Kier alpha value is -2.27. The summed E-state index contributed by atoms with van der Waals surface area (Å²) in [5.74, 6) is -1.78. The number of carbonyl (C=O) groups excluding carboxylic acids is 1. The summed E-state index contributed by atoms with van der Waals surface area (Å²) in [6.07, 6.45) is 0.311. The summed E-state index contributed by atoms with van der Waals surface area (Å²) in [4.78, 5) is 11.4. The molecule has 3 rings (SSSR count). The van der Waals surface area contributed by atoms with Gasteiger partial charge in [-0.25, -0.2) is 8.78 Å². The molecule has 1 amide bonds. The molecule has 1 atom stereocenters. The fourth-order valence-corrected chi connectivity index (χ4v) is 2.67. The summed E-state index contributed by atoms with van der Waals surface area (Å²) >= 11 is 0. The van der Waals surface area contributed by atoms with Gasteiger partial charge in [0.25, 0.3) is 0 Å². The minimum atomic E-state index is -0.870. The number of amides is 1. The quantitative estimate of drug-likeness (QED) is 0.912. The fourth-order valence-electron chi connectivity index (χ4n) is 2.67. The Morgan fingerprint density at radius 1 is 1.24 bits per heavy atom. The highest BCUT2D eigenvalue weighted by molar-refractivity contribution is 5.99. The highest BCUT2D eigenvalue weighted by Crippen LogP contribution is 2.30. The Balaban J connectivity index is 2.03. The van der Waals surface area contributed by atoms with E-state index in [4.69, 9.17) is 0 Å². The Morgan fingerprint density at radius 2 is 2.05 bits per heavy atom. The van der Waals surface area contributed by atoms with Crippen LogP contribution < -0.4 is 10.6 Å². The highest BCUT2D eigenvalue weighted by atomic mass is 19.2. The Bertz CT molecular complexity index is 715. The first-order valence-corrected chi connectivity index (χ1v) is 6.64. The van der Waals surface area contributed by atoms with E-state index in [9.17, 15) is 13.6 Å². The Labute approximate surface area is 121 Å². The van der Waals surface area contributed by atoms with E-state index < -0.39 is 17.7 Å². The smallest absolute Gasteiger partial charge is 0.228 e. The molecule has 0 bridgehead atoms. The zero-order chi connectivity index (χ0) is 15.0. The maximum absolute atomic E-state index is 14.0. The van der Waals surface area contributed by atoms with Crippen LogP contribution in [0.3, 0.4) is 0 Å². The molecule has 1 heterocycles. The molecule has 2 aromatic carbocycles. The summed E-state index contributed by atoms with van der Waals surface area (Å²) in [6.45, 7) is 0. The van der Waals surface area contributed by atoms with Gasteiger partial charge in [-0.1, -0.05) is 24.3 Å². The van der Waals surface area contributed by atoms with Crippen molar-refractivity contribution in [1.82, 2.24) is 5.32 Å². The third kappa shape index (κ3) is 2.40. The summed E-state index contributed by atoms with van der Waals surface area (Å²) in [5, 5.41) is 5.74. The van der Waals surface area contributed by atoms with Gasteiger partial charge < -0.3 is 10.6 Å². The van der Waals surface area contributed by atoms with Crippen LogP contribution >= 0.6 is 0 Å². The first-order chi connectivity index (χ1) is 10.1. The monoisotopic (exact) mass is 288 g/mol. The molecule has 1 aliphatic rings. The van der Waals surface area contributed by atoms with Gasteiger partial charge in [-0.2, -0.15) is 0 Å². The van der Waals surface area contributed by atoms with E-state index in [1.54, 1.807) is 25.2 Å². The predicted molar refractivity (Wildman–Crippen MR) is 76.0 cm³/mol. The van der Waals surface area contributed by atoms with Crippen LogP contribution in [0.25, 0.3) is 0 Å². The van der Waals surface area contributed by atoms with Gasteiger partial charge in [0.15, 0.2) is 11.6 Å². The summed E-state index contributed by atoms with van der Waals surface area (Å²) in [5.41, 5.74) is 2.68. The van der Waals surface area contributed by atoms with Crippen LogP contribution in [-0.2, 0) is 11.2 Å². The molecule has 5 heteroatoms. The van der Waals surface area contributed by atoms with Crippen LogP contribution in [-0.4, -0.2) is 13.0 Å². The molecule has 108 valence electrons. The standard InChI is InChI=1S/C16H14F2N2O/c1-19-16(11-3-2-4-12(17)15(11)18)9-5-6-13-10(7-9)8-14(21)20-13/h2-7,16,19H,8H2,1H3,(H,20,21). The molecule has 21 heavy (non-hydrogen) atoms. The Kier molecular flexibility index (Phi) is 3.43. The lowest BCUT2D eigenvalue weighted by Gasteiger charge is -2.19. The normalized spacial score (nSPS) is 14.7. The second-order valence-electron chi connectivity index (χ2n) is 5.01. The molecule has 0 radical (unpaired) electrons. The van der Waals surface area contributed by atoms with E-state index in [1.807, 2.05) is 6.07 Å². The molecule has 1 aliphatic heterocycles. The second kappa shape index (κ2) is 5.26. The molecule has 0 saturated carbocycles. The van der Waals surface area contributed by atoms with E-state index in [2.05, 4.69) is 10.6 Å². The van der Waals surface area contributed by atoms with Crippen molar-refractivity contribution in [3.63, 3.8) is 0 Å². The van der Waals surface area contributed by atoms with Crippen molar-refractivity contribution in [1.29, 1.82) is 0 Å². The van der Waals surface area contributed by atoms with Crippen LogP contribution in [0.1, 0.15) is 22.7 Å². The largest absolute Gasteiger partial charge is 0.326 e. The SMILES string of the molecule is CNC(c1ccc2c(c1)CC(=O)N2)c1cccc(F)c1F. The third-order valence-corrected chi connectivity index (χ3v) is 3.67. The average molecular weight is 288 g/mol. The van der Waals surface area contributed by atoms with E-state index >= 15 is 0 Å². The van der Waals surface area contributed by atoms with Gasteiger partial charge in [-0.3, -0.25) is 4.79 Å². The summed E-state index contributed by atoms with van der Waals surface area (Å²) in [7, 11) is 1.69. The number of carbonyl (C=O) groups is 1. The number of hydrogen-bond donors (Lipinski definition) is 2. The van der Waals surface area contributed by atoms with E-state index in [0.29, 0.717) is 6.42 Å². The molecule has 2 aromatic rings. The van der Waals surface area contributed by atoms with E-state index in [0.717, 1.165) is 22.9 Å². The molecule has 0 saturated heterocycles. The highest BCUT2D eigenvalue weighted by Gasteiger charge is 2.22. The third-order valence-electron chi connectivity index (χ3n) is 3.67. The van der Waals surface area contributed by atoms with E-state index in [1.165, 1.54) is 6.07 Å². The van der Waals surface area contributed by atoms with Crippen LogP contribution in [0, 0.1) is 11.6 Å². The van der Waals surface area contributed by atoms with Crippen molar-refractivity contribution in [2.75, 3.05) is 12.4 Å². The molecule has 0 spiro atoms. The van der Waals surface area contributed by atoms with Gasteiger partial charge in [-0.05, 0) is 30.3 Å². The van der Waals surface area contributed by atoms with Gasteiger partial charge in [-0.15, -0.1) is 0 Å². The van der Waals surface area contributed by atoms with Crippen molar-refractivity contribution in [2.45, 2.75) is 12.5 Å². The molecular weight excluding hydrogens is 274 g/mol. The first-order valence-electron chi connectivity index (χ1n) is 6.64. The molecular formula is C16H14F2N2O. The van der Waals surface area contributed by atoms with Gasteiger partial charge >= 0.3 is 0 Å². The molecule has 0 aliphatic carbocycles. The minimum absolute atomic E-state index is 0.0555. The molecule has 2 N–H and O–H groups in total. The lowest BCUT2D eigenvalue weighted by Crippen LogP contribution is -2.19. The fraction of sp³-hybridized carbons (Fsp3) is 0.188. The number of halogens is 2. The maximum Gasteiger partial charge on any atom is 0.228 e. The predicted octanol–water partition coefficient (Wildman–Crippen LogP) is 2.77. The number of rotatable bonds is 3. The number of anilines is 1. The summed E-state index contributed by atoms with van der Waals surface area (Å²) in [6, 6.07) is 9.09. The number of benzene rings is 2. The van der Waals surface area contributed by atoms with Gasteiger partial charge in [0.05, 0.1) is 12.5 Å². The molecule has 0 aromatic heterocycles. The minimum Gasteiger partial charge on any atom is -0.326 e. The second-order valence-corrected chi connectivity index (χ2v) is 5.01. The van der Waals surface area contributed by atoms with Crippen molar-refractivity contribution >= 4 is 11.6 Å². The molecule has 0 fully saturated rings. The van der Waals surface area contributed by atoms with Crippen LogP contribution in [0.2, 0.25) is 0 Å². The number of fused-ring (bicyclic) bond motifs is 1. The molecule has 1 unspecified atom stereocenters. The zero-order valence-corrected chi connectivity index (χ0v) is 11.4. The van der Waals surface area contributed by atoms with Crippen molar-refractivity contribution in [2.24, 2.45) is 0 Å². The lowest BCUT2D eigenvalue weighted by atomic mass is 9.96. The Morgan fingerprint density at radius 3 is 2.81 bits per heavy atom. The van der Waals surface area contributed by atoms with Gasteiger partial charge in [0.2, 0.25) is 5.91 Å². The van der Waals surface area contributed by atoms with Crippen molar-refractivity contribution in [3.8, 4) is 0 Å². The lowest BCUT2D eigenvalue weighted by molar-refractivity contribution is -0.115. The number of nitrogens with one attached hydrogen (secondary N) is 2. The van der Waals surface area contributed by atoms with Crippen LogP contribution in [0.5, 0.6) is 0 Å². The van der Waals surface area contributed by atoms with E-state index in [-0.39, 0.29) is 11.5 Å². The zero-order valence-electron chi connectivity index (χ0n) is 11.4. The number of hydrogen-bond acceptors (Lipinski definition) is 2. The summed E-state index contributed by atoms with van der Waals surface area (Å²) < 4.78 is 27.4. The van der Waals surface area contributed by atoms with Gasteiger partial charge in [0.1, 0.15) is 0 Å². The van der Waals surface area contributed by atoms with Crippen LogP contribution in [0.4, 0.5) is 14.5 Å². The topological polar surface area (TPSA) is 41.1 Å². The van der Waals surface area contributed by atoms with Crippen molar-refractivity contribution < 1.29 is 13.6 Å². The first kappa shape index (κ1) is 13.7. The maximum atomic E-state index is 14.0. The average Bonchev–Trinajstić information content (AvgIpc) is 2.83. The van der Waals surface area contributed by atoms with Gasteiger partial charge in [0, 0.05) is 11.3 Å². The van der Waals surface area contributed by atoms with Crippen molar-refractivity contribution in [3.05, 3.63) is 64.7 Å². The van der Waals surface area contributed by atoms with Crippen LogP contribution in [0.15, 0.2) is 36.4 Å². The molecule has 3 nitrogen and oxygen atoms in total.